The normalized spacial score (nSPS) is 20.5. The second kappa shape index (κ2) is 6.52. The van der Waals surface area contributed by atoms with Crippen LogP contribution in [0.25, 0.3) is 16.5 Å². The number of carbonyl (C=O) groups excluding carboxylic acids is 1. The van der Waals surface area contributed by atoms with E-state index < -0.39 is 0 Å². The Hall–Kier alpha value is -2.76. The van der Waals surface area contributed by atoms with E-state index >= 15 is 0 Å². The van der Waals surface area contributed by atoms with E-state index in [1.807, 2.05) is 42.3 Å². The molecule has 2 atom stereocenters. The summed E-state index contributed by atoms with van der Waals surface area (Å²) < 4.78 is 1.76. The minimum atomic E-state index is -0.0194. The summed E-state index contributed by atoms with van der Waals surface area (Å²) in [6, 6.07) is 7.93. The van der Waals surface area contributed by atoms with Crippen LogP contribution in [0.3, 0.4) is 0 Å². The minimum Gasteiger partial charge on any atom is -0.337 e. The van der Waals surface area contributed by atoms with Crippen LogP contribution in [0.15, 0.2) is 36.7 Å². The molecule has 0 N–H and O–H groups in total. The molecule has 1 aliphatic heterocycles. The van der Waals surface area contributed by atoms with E-state index in [9.17, 15) is 4.79 Å². The molecule has 6 nitrogen and oxygen atoms in total. The van der Waals surface area contributed by atoms with Gasteiger partial charge in [0.05, 0.1) is 11.4 Å². The topological polar surface area (TPSA) is 63.9 Å². The van der Waals surface area contributed by atoms with Gasteiger partial charge in [0.15, 0.2) is 5.69 Å². The van der Waals surface area contributed by atoms with Crippen LogP contribution in [0, 0.1) is 18.8 Å². The van der Waals surface area contributed by atoms with Crippen molar-refractivity contribution >= 4 is 16.7 Å². The van der Waals surface area contributed by atoms with E-state index in [0.717, 1.165) is 35.2 Å². The molecule has 0 radical (unpaired) electrons. The molecule has 3 heterocycles. The molecular weight excluding hydrogens is 326 g/mol. The number of hydrogen-bond donors (Lipinski definition) is 0. The Morgan fingerprint density at radius 3 is 2.69 bits per heavy atom. The zero-order chi connectivity index (χ0) is 18.3. The van der Waals surface area contributed by atoms with E-state index in [-0.39, 0.29) is 5.91 Å². The van der Waals surface area contributed by atoms with Gasteiger partial charge >= 0.3 is 0 Å². The fourth-order valence-corrected chi connectivity index (χ4v) is 4.02. The molecule has 2 aromatic heterocycles. The minimum absolute atomic E-state index is 0.0194. The summed E-state index contributed by atoms with van der Waals surface area (Å²) in [4.78, 5) is 19.1. The Bertz CT molecular complexity index is 948. The van der Waals surface area contributed by atoms with E-state index in [1.54, 1.807) is 10.9 Å². The van der Waals surface area contributed by atoms with Crippen molar-refractivity contribution in [3.8, 4) is 5.69 Å². The molecule has 3 aromatic rings. The summed E-state index contributed by atoms with van der Waals surface area (Å²) in [5, 5.41) is 10.6. The lowest BCUT2D eigenvalue weighted by Gasteiger charge is -2.34. The van der Waals surface area contributed by atoms with Crippen molar-refractivity contribution in [2.45, 2.75) is 27.2 Å². The first-order chi connectivity index (χ1) is 12.5. The van der Waals surface area contributed by atoms with Crippen molar-refractivity contribution in [2.24, 2.45) is 11.8 Å². The monoisotopic (exact) mass is 349 g/mol. The number of likely N-dealkylation sites (tertiary alicyclic amines) is 1. The molecule has 134 valence electrons. The van der Waals surface area contributed by atoms with Gasteiger partial charge in [-0.2, -0.15) is 0 Å². The fraction of sp³-hybridized carbons (Fsp3) is 0.400. The lowest BCUT2D eigenvalue weighted by Crippen LogP contribution is -2.43. The molecule has 0 saturated carbocycles. The number of hydrogen-bond acceptors (Lipinski definition) is 4. The maximum Gasteiger partial charge on any atom is 0.276 e. The summed E-state index contributed by atoms with van der Waals surface area (Å²) in [6.45, 7) is 7.88. The third-order valence-corrected chi connectivity index (χ3v) is 5.14. The first-order valence-corrected chi connectivity index (χ1v) is 9.09. The average Bonchev–Trinajstić information content (AvgIpc) is 3.01. The van der Waals surface area contributed by atoms with Crippen molar-refractivity contribution in [1.82, 2.24) is 24.9 Å². The second-order valence-electron chi connectivity index (χ2n) is 7.47. The van der Waals surface area contributed by atoms with Gasteiger partial charge in [0, 0.05) is 36.3 Å². The number of pyridine rings is 1. The molecule has 1 saturated heterocycles. The predicted octanol–water partition coefficient (Wildman–Crippen LogP) is 3.24. The molecule has 1 amide bonds. The van der Waals surface area contributed by atoms with E-state index in [1.165, 1.54) is 6.42 Å². The van der Waals surface area contributed by atoms with Crippen LogP contribution >= 0.6 is 0 Å². The lowest BCUT2D eigenvalue weighted by atomic mass is 9.91. The molecule has 4 rings (SSSR count). The van der Waals surface area contributed by atoms with E-state index in [0.29, 0.717) is 17.5 Å². The molecule has 0 unspecified atom stereocenters. The van der Waals surface area contributed by atoms with Gasteiger partial charge < -0.3 is 4.90 Å². The first kappa shape index (κ1) is 16.7. The highest BCUT2D eigenvalue weighted by Crippen LogP contribution is 2.25. The van der Waals surface area contributed by atoms with Gasteiger partial charge in [0.2, 0.25) is 0 Å². The maximum atomic E-state index is 13.0. The van der Waals surface area contributed by atoms with Crippen molar-refractivity contribution in [2.75, 3.05) is 13.1 Å². The summed E-state index contributed by atoms with van der Waals surface area (Å²) in [6.07, 6.45) is 4.76. The lowest BCUT2D eigenvalue weighted by molar-refractivity contribution is 0.0616. The molecule has 0 spiro atoms. The van der Waals surface area contributed by atoms with Gasteiger partial charge in [-0.3, -0.25) is 9.78 Å². The summed E-state index contributed by atoms with van der Waals surface area (Å²) in [5.41, 5.74) is 2.12. The van der Waals surface area contributed by atoms with Crippen LogP contribution in [-0.2, 0) is 0 Å². The highest BCUT2D eigenvalue weighted by atomic mass is 16.2. The molecular formula is C20H23N5O. The Labute approximate surface area is 152 Å². The van der Waals surface area contributed by atoms with Crippen molar-refractivity contribution in [3.05, 3.63) is 48.0 Å². The van der Waals surface area contributed by atoms with Crippen molar-refractivity contribution in [1.29, 1.82) is 0 Å². The standard InChI is InChI=1S/C20H23N5O/c1-13-9-14(2)12-24(11-13)20(26)19-15(3)25(23-22-19)18-6-4-5-16-10-21-8-7-17(16)18/h4-8,10,13-14H,9,11-12H2,1-3H3/t13-,14+. The number of amides is 1. The smallest absolute Gasteiger partial charge is 0.276 e. The quantitative estimate of drug-likeness (QED) is 0.712. The fourth-order valence-electron chi connectivity index (χ4n) is 4.02. The number of nitrogens with zero attached hydrogens (tertiary/aromatic N) is 5. The van der Waals surface area contributed by atoms with Gasteiger partial charge in [-0.1, -0.05) is 31.2 Å². The molecule has 0 aliphatic carbocycles. The van der Waals surface area contributed by atoms with Crippen LogP contribution in [0.4, 0.5) is 0 Å². The zero-order valence-electron chi connectivity index (χ0n) is 15.4. The van der Waals surface area contributed by atoms with Gasteiger partial charge in [0.1, 0.15) is 0 Å². The zero-order valence-corrected chi connectivity index (χ0v) is 15.4. The van der Waals surface area contributed by atoms with Gasteiger partial charge in [-0.25, -0.2) is 4.68 Å². The van der Waals surface area contributed by atoms with E-state index in [4.69, 9.17) is 0 Å². The average molecular weight is 349 g/mol. The van der Waals surface area contributed by atoms with Crippen LogP contribution in [-0.4, -0.2) is 43.9 Å². The highest BCUT2D eigenvalue weighted by Gasteiger charge is 2.29. The number of fused-ring (bicyclic) bond motifs is 1. The summed E-state index contributed by atoms with van der Waals surface area (Å²) in [7, 11) is 0. The first-order valence-electron chi connectivity index (χ1n) is 9.09. The van der Waals surface area contributed by atoms with Gasteiger partial charge in [-0.05, 0) is 37.3 Å². The largest absolute Gasteiger partial charge is 0.337 e. The SMILES string of the molecule is Cc1c(C(=O)N2C[C@H](C)C[C@H](C)C2)nnn1-c1cccc2cnccc12. The van der Waals surface area contributed by atoms with Crippen molar-refractivity contribution < 1.29 is 4.79 Å². The van der Waals surface area contributed by atoms with Crippen LogP contribution in [0.1, 0.15) is 36.5 Å². The molecule has 6 heteroatoms. The second-order valence-corrected chi connectivity index (χ2v) is 7.47. The maximum absolute atomic E-state index is 13.0. The molecule has 1 fully saturated rings. The Kier molecular flexibility index (Phi) is 4.18. The highest BCUT2D eigenvalue weighted by molar-refractivity contribution is 5.94. The number of aromatic nitrogens is 4. The van der Waals surface area contributed by atoms with Gasteiger partial charge in [0.25, 0.3) is 5.91 Å². The number of benzene rings is 1. The van der Waals surface area contributed by atoms with Crippen LogP contribution in [0.2, 0.25) is 0 Å². The molecule has 1 aliphatic rings. The Balaban J connectivity index is 1.71. The Morgan fingerprint density at radius 1 is 1.15 bits per heavy atom. The van der Waals surface area contributed by atoms with Crippen LogP contribution < -0.4 is 0 Å². The summed E-state index contributed by atoms with van der Waals surface area (Å²) in [5.74, 6) is 1.02. The predicted molar refractivity (Wildman–Crippen MR) is 100 cm³/mol. The summed E-state index contributed by atoms with van der Waals surface area (Å²) >= 11 is 0. The number of rotatable bonds is 2. The molecule has 0 bridgehead atoms. The third-order valence-electron chi connectivity index (χ3n) is 5.14. The van der Waals surface area contributed by atoms with E-state index in [2.05, 4.69) is 29.1 Å². The Morgan fingerprint density at radius 2 is 1.92 bits per heavy atom. The number of carbonyl (C=O) groups is 1. The van der Waals surface area contributed by atoms with Gasteiger partial charge in [-0.15, -0.1) is 5.10 Å². The molecule has 1 aromatic carbocycles. The molecule has 26 heavy (non-hydrogen) atoms. The number of piperidine rings is 1. The van der Waals surface area contributed by atoms with Crippen LogP contribution in [0.5, 0.6) is 0 Å². The van der Waals surface area contributed by atoms with Crippen molar-refractivity contribution in [3.63, 3.8) is 0 Å². The third kappa shape index (κ3) is 2.85.